The molecule has 0 spiro atoms. The van der Waals surface area contributed by atoms with E-state index in [-0.39, 0.29) is 17.7 Å². The second kappa shape index (κ2) is 14.9. The Hall–Kier alpha value is -2.42. The molecule has 3 rings (SSSR count). The molecule has 7 nitrogen and oxygen atoms in total. The maximum atomic E-state index is 12.9. The number of fused-ring (bicyclic) bond motifs is 2. The topological polar surface area (TPSA) is 114 Å². The van der Waals surface area contributed by atoms with E-state index in [1.54, 1.807) is 12.1 Å². The van der Waals surface area contributed by atoms with E-state index < -0.39 is 13.1 Å². The van der Waals surface area contributed by atoms with Crippen LogP contribution >= 0.6 is 0 Å². The van der Waals surface area contributed by atoms with Gasteiger partial charge in [-0.05, 0) is 37.0 Å². The van der Waals surface area contributed by atoms with Crippen LogP contribution in [0.1, 0.15) is 97.2 Å². The molecule has 0 fully saturated rings. The number of carbonyl (C=O) groups is 2. The van der Waals surface area contributed by atoms with Crippen molar-refractivity contribution < 1.29 is 19.6 Å². The minimum Gasteiger partial charge on any atom is -0.426 e. The van der Waals surface area contributed by atoms with Crippen LogP contribution < -0.4 is 10.6 Å². The van der Waals surface area contributed by atoms with Gasteiger partial charge >= 0.3 is 7.12 Å². The van der Waals surface area contributed by atoms with Crippen molar-refractivity contribution in [2.24, 2.45) is 0 Å². The van der Waals surface area contributed by atoms with Crippen LogP contribution in [0.2, 0.25) is 0 Å². The minimum atomic E-state index is -1.51. The largest absolute Gasteiger partial charge is 0.469 e. The number of amides is 1. The van der Waals surface area contributed by atoms with Crippen molar-refractivity contribution in [3.05, 3.63) is 59.4 Å². The van der Waals surface area contributed by atoms with E-state index in [1.165, 1.54) is 32.1 Å². The average molecular weight is 481 g/mol. The van der Waals surface area contributed by atoms with Crippen molar-refractivity contribution in [3.63, 3.8) is 0 Å². The van der Waals surface area contributed by atoms with Crippen molar-refractivity contribution in [1.82, 2.24) is 15.6 Å². The van der Waals surface area contributed by atoms with Crippen LogP contribution in [0.15, 0.2) is 42.5 Å². The van der Waals surface area contributed by atoms with Crippen LogP contribution in [0.4, 0.5) is 0 Å². The van der Waals surface area contributed by atoms with Gasteiger partial charge in [-0.1, -0.05) is 81.7 Å². The zero-order valence-electron chi connectivity index (χ0n) is 20.7. The highest BCUT2D eigenvalue weighted by Crippen LogP contribution is 2.15. The third kappa shape index (κ3) is 9.63. The standard InChI is InChI=1S/C27H40BN3O4/c32-25-16-12-7-5-3-1-2-4-6-11-15-22(30-27(33)24-18-17-23(25)31-24)20-29-26(28(34)35)19-21-13-9-8-10-14-21/h8-10,13-14,17-18,22,26,29,31,34-35H,1-7,11-12,15-16,19-20H2,(H,30,33). The molecule has 1 aromatic heterocycles. The summed E-state index contributed by atoms with van der Waals surface area (Å²) in [7, 11) is -1.51. The van der Waals surface area contributed by atoms with Crippen molar-refractivity contribution in [2.45, 2.75) is 89.0 Å². The number of aromatic amines is 1. The third-order valence-corrected chi connectivity index (χ3v) is 6.81. The predicted molar refractivity (Wildman–Crippen MR) is 139 cm³/mol. The molecule has 1 amide bonds. The highest BCUT2D eigenvalue weighted by Gasteiger charge is 2.25. The highest BCUT2D eigenvalue weighted by molar-refractivity contribution is 6.43. The van der Waals surface area contributed by atoms with Crippen molar-refractivity contribution in [1.29, 1.82) is 0 Å². The van der Waals surface area contributed by atoms with Crippen molar-refractivity contribution in [2.75, 3.05) is 6.54 Å². The molecule has 1 aliphatic rings. The molecular weight excluding hydrogens is 441 g/mol. The lowest BCUT2D eigenvalue weighted by Gasteiger charge is -2.24. The number of benzene rings is 1. The maximum Gasteiger partial charge on any atom is 0.469 e. The number of ketones is 1. The molecule has 35 heavy (non-hydrogen) atoms. The summed E-state index contributed by atoms with van der Waals surface area (Å²) in [5.74, 6) is -0.748. The van der Waals surface area contributed by atoms with E-state index in [2.05, 4.69) is 15.6 Å². The molecule has 0 aliphatic carbocycles. The fourth-order valence-electron chi connectivity index (χ4n) is 4.67. The van der Waals surface area contributed by atoms with Gasteiger partial charge < -0.3 is 25.7 Å². The SMILES string of the molecule is O=C1CCCCCCCCCCCC(CNC(Cc2ccccc2)B(O)O)NC(=O)c2ccc1[nH]2. The number of H-pyrrole nitrogens is 1. The number of Topliss-reactive ketones (excluding diaryl/α,β-unsaturated/α-hetero) is 1. The summed E-state index contributed by atoms with van der Waals surface area (Å²) in [5, 5.41) is 26.2. The smallest absolute Gasteiger partial charge is 0.426 e. The minimum absolute atomic E-state index is 0.0454. The molecule has 0 saturated heterocycles. The van der Waals surface area contributed by atoms with Gasteiger partial charge in [0, 0.05) is 24.9 Å². The van der Waals surface area contributed by atoms with Gasteiger partial charge in [0.2, 0.25) is 0 Å². The van der Waals surface area contributed by atoms with Crippen LogP contribution in [0.25, 0.3) is 0 Å². The zero-order valence-corrected chi connectivity index (χ0v) is 20.7. The molecule has 2 unspecified atom stereocenters. The van der Waals surface area contributed by atoms with Gasteiger partial charge in [-0.2, -0.15) is 0 Å². The number of rotatable bonds is 6. The molecule has 0 saturated carbocycles. The van der Waals surface area contributed by atoms with E-state index in [0.717, 1.165) is 37.7 Å². The fraction of sp³-hybridized carbons (Fsp3) is 0.556. The molecule has 5 N–H and O–H groups in total. The normalized spacial score (nSPS) is 19.9. The number of hydrogen-bond acceptors (Lipinski definition) is 5. The van der Waals surface area contributed by atoms with Gasteiger partial charge in [0.05, 0.1) is 5.69 Å². The van der Waals surface area contributed by atoms with Crippen molar-refractivity contribution in [3.8, 4) is 0 Å². The second-order valence-electron chi connectivity index (χ2n) is 9.72. The number of hydrogen-bond donors (Lipinski definition) is 5. The van der Waals surface area contributed by atoms with E-state index in [9.17, 15) is 19.6 Å². The van der Waals surface area contributed by atoms with Gasteiger partial charge in [-0.25, -0.2) is 0 Å². The van der Waals surface area contributed by atoms with E-state index in [0.29, 0.717) is 30.8 Å². The predicted octanol–water partition coefficient (Wildman–Crippen LogP) is 3.81. The quantitative estimate of drug-likeness (QED) is 0.403. The number of carbonyl (C=O) groups excluding carboxylic acids is 2. The van der Waals surface area contributed by atoms with Crippen molar-refractivity contribution >= 4 is 18.8 Å². The molecule has 2 atom stereocenters. The van der Waals surface area contributed by atoms with Crippen LogP contribution in [0.5, 0.6) is 0 Å². The fourth-order valence-corrected chi connectivity index (χ4v) is 4.67. The first-order chi connectivity index (χ1) is 17.0. The van der Waals surface area contributed by atoms with E-state index >= 15 is 0 Å². The lowest BCUT2D eigenvalue weighted by molar-refractivity contribution is 0.0929. The van der Waals surface area contributed by atoms with Crippen LogP contribution in [0, 0.1) is 0 Å². The first-order valence-electron chi connectivity index (χ1n) is 13.2. The lowest BCUT2D eigenvalue weighted by atomic mass is 9.76. The van der Waals surface area contributed by atoms with Gasteiger partial charge in [-0.15, -0.1) is 0 Å². The van der Waals surface area contributed by atoms with Gasteiger partial charge in [0.25, 0.3) is 5.91 Å². The Morgan fingerprint density at radius 1 is 0.857 bits per heavy atom. The number of aromatic nitrogens is 1. The summed E-state index contributed by atoms with van der Waals surface area (Å²) < 4.78 is 0. The first kappa shape index (κ1) is 27.2. The third-order valence-electron chi connectivity index (χ3n) is 6.81. The van der Waals surface area contributed by atoms with Crippen LogP contribution in [-0.4, -0.2) is 52.4 Å². The Morgan fingerprint density at radius 3 is 2.17 bits per heavy atom. The summed E-state index contributed by atoms with van der Waals surface area (Å²) in [5.41, 5.74) is 1.87. The average Bonchev–Trinajstić information content (AvgIpc) is 3.35. The summed E-state index contributed by atoms with van der Waals surface area (Å²) in [6.45, 7) is 0.424. The molecule has 8 heteroatoms. The Balaban J connectivity index is 1.64. The summed E-state index contributed by atoms with van der Waals surface area (Å²) in [6.07, 6.45) is 11.8. The lowest BCUT2D eigenvalue weighted by Crippen LogP contribution is -2.51. The molecule has 2 bridgehead atoms. The first-order valence-corrected chi connectivity index (χ1v) is 13.2. The monoisotopic (exact) mass is 481 g/mol. The summed E-state index contributed by atoms with van der Waals surface area (Å²) >= 11 is 0. The van der Waals surface area contributed by atoms with Gasteiger partial charge in [0.15, 0.2) is 5.78 Å². The van der Waals surface area contributed by atoms with Gasteiger partial charge in [0.1, 0.15) is 5.69 Å². The maximum absolute atomic E-state index is 12.9. The van der Waals surface area contributed by atoms with E-state index in [4.69, 9.17) is 0 Å². The highest BCUT2D eigenvalue weighted by atomic mass is 16.4. The Labute approximate surface area is 209 Å². The molecule has 190 valence electrons. The summed E-state index contributed by atoms with van der Waals surface area (Å²) in [4.78, 5) is 28.4. The van der Waals surface area contributed by atoms with Crippen LogP contribution in [-0.2, 0) is 6.42 Å². The van der Waals surface area contributed by atoms with Crippen LogP contribution in [0.3, 0.4) is 0 Å². The molecule has 2 aromatic rings. The Kier molecular flexibility index (Phi) is 11.5. The molecule has 2 heterocycles. The van der Waals surface area contributed by atoms with E-state index in [1.807, 2.05) is 30.3 Å². The second-order valence-corrected chi connectivity index (χ2v) is 9.72. The molecule has 0 radical (unpaired) electrons. The Morgan fingerprint density at radius 2 is 1.49 bits per heavy atom. The van der Waals surface area contributed by atoms with Gasteiger partial charge in [-0.3, -0.25) is 9.59 Å². The molecule has 1 aliphatic heterocycles. The number of nitrogens with one attached hydrogen (secondary N) is 3. The zero-order chi connectivity index (χ0) is 24.9. The Bertz CT molecular complexity index is 903. The molecular formula is C27H40BN3O4. The summed E-state index contributed by atoms with van der Waals surface area (Å²) in [6, 6.07) is 12.9. The molecule has 1 aromatic carbocycles.